The van der Waals surface area contributed by atoms with Crippen molar-refractivity contribution in [1.82, 2.24) is 0 Å². The highest BCUT2D eigenvalue weighted by Crippen LogP contribution is 2.35. The van der Waals surface area contributed by atoms with E-state index in [4.69, 9.17) is 16.4 Å². The van der Waals surface area contributed by atoms with Crippen LogP contribution < -0.4 is 5.32 Å². The lowest BCUT2D eigenvalue weighted by molar-refractivity contribution is -0.137. The van der Waals surface area contributed by atoms with Crippen LogP contribution in [0.5, 0.6) is 0 Å². The second kappa shape index (κ2) is 6.95. The normalized spacial score (nSPS) is 16.8. The van der Waals surface area contributed by atoms with E-state index in [0.29, 0.717) is 0 Å². The number of amides is 1. The number of rotatable bonds is 3. The van der Waals surface area contributed by atoms with Crippen molar-refractivity contribution >= 4 is 28.9 Å². The van der Waals surface area contributed by atoms with Gasteiger partial charge in [-0.15, -0.1) is 0 Å². The number of nitrogens with one attached hydrogen (secondary N) is 1. The number of carbonyl (C=O) groups is 1. The van der Waals surface area contributed by atoms with Gasteiger partial charge in [-0.1, -0.05) is 35.0 Å². The molecule has 0 aliphatic carbocycles. The van der Waals surface area contributed by atoms with Gasteiger partial charge in [0.15, 0.2) is 0 Å². The van der Waals surface area contributed by atoms with Gasteiger partial charge in [-0.2, -0.15) is 13.2 Å². The molecule has 2 aromatic rings. The van der Waals surface area contributed by atoms with Gasteiger partial charge in [-0.05, 0) is 24.3 Å². The van der Waals surface area contributed by atoms with E-state index in [1.165, 1.54) is 30.3 Å². The molecule has 136 valence electrons. The van der Waals surface area contributed by atoms with Gasteiger partial charge in [-0.3, -0.25) is 4.79 Å². The third-order valence-corrected chi connectivity index (χ3v) is 4.02. The van der Waals surface area contributed by atoms with Crippen molar-refractivity contribution in [1.29, 1.82) is 0 Å². The van der Waals surface area contributed by atoms with Crippen molar-refractivity contribution in [2.75, 3.05) is 5.32 Å². The van der Waals surface area contributed by atoms with Gasteiger partial charge >= 0.3 is 6.18 Å². The molecule has 0 fully saturated rings. The van der Waals surface area contributed by atoms with Crippen LogP contribution in [-0.2, 0) is 15.8 Å². The predicted molar refractivity (Wildman–Crippen MR) is 87.5 cm³/mol. The van der Waals surface area contributed by atoms with E-state index in [0.717, 1.165) is 12.1 Å². The molecule has 0 saturated carbocycles. The van der Waals surface area contributed by atoms with Gasteiger partial charge in [0.25, 0.3) is 5.91 Å². The minimum Gasteiger partial charge on any atom is -0.382 e. The molecule has 0 bridgehead atoms. The van der Waals surface area contributed by atoms with Gasteiger partial charge in [0.1, 0.15) is 5.82 Å². The topological polar surface area (TPSA) is 50.7 Å². The zero-order valence-corrected chi connectivity index (χ0v) is 13.7. The molecule has 26 heavy (non-hydrogen) atoms. The lowest BCUT2D eigenvalue weighted by Gasteiger charge is -2.15. The summed E-state index contributed by atoms with van der Waals surface area (Å²) >= 11 is 5.94. The van der Waals surface area contributed by atoms with Crippen LogP contribution in [0.25, 0.3) is 0 Å². The van der Waals surface area contributed by atoms with E-state index in [1.807, 2.05) is 0 Å². The Morgan fingerprint density at radius 3 is 2.62 bits per heavy atom. The molecule has 0 spiro atoms. The maximum absolute atomic E-state index is 13.9. The zero-order chi connectivity index (χ0) is 18.9. The Morgan fingerprint density at radius 1 is 1.19 bits per heavy atom. The molecule has 1 atom stereocenters. The van der Waals surface area contributed by atoms with Crippen molar-refractivity contribution in [2.24, 2.45) is 5.16 Å². The Kier molecular flexibility index (Phi) is 4.86. The van der Waals surface area contributed by atoms with E-state index in [9.17, 15) is 22.4 Å². The second-order valence-corrected chi connectivity index (χ2v) is 5.87. The van der Waals surface area contributed by atoms with Gasteiger partial charge in [0.05, 0.1) is 27.5 Å². The quantitative estimate of drug-likeness (QED) is 0.782. The average molecular weight is 387 g/mol. The summed E-state index contributed by atoms with van der Waals surface area (Å²) < 4.78 is 52.9. The Balaban J connectivity index is 1.75. The van der Waals surface area contributed by atoms with Crippen molar-refractivity contribution in [3.05, 3.63) is 64.4 Å². The number of carbonyl (C=O) groups excluding carboxylic acids is 1. The molecule has 1 aliphatic heterocycles. The first-order valence-corrected chi connectivity index (χ1v) is 7.79. The fourth-order valence-corrected chi connectivity index (χ4v) is 2.76. The van der Waals surface area contributed by atoms with Crippen LogP contribution in [0, 0.1) is 5.82 Å². The number of nitrogens with zero attached hydrogens (tertiary/aromatic N) is 1. The molecule has 1 amide bonds. The third-order valence-electron chi connectivity index (χ3n) is 3.70. The van der Waals surface area contributed by atoms with Crippen molar-refractivity contribution in [3.8, 4) is 0 Å². The summed E-state index contributed by atoms with van der Waals surface area (Å²) in [4.78, 5) is 17.2. The summed E-state index contributed by atoms with van der Waals surface area (Å²) in [5.41, 5.74) is -1.27. The molecule has 9 heteroatoms. The highest BCUT2D eigenvalue weighted by Gasteiger charge is 2.36. The first-order valence-electron chi connectivity index (χ1n) is 7.41. The lowest BCUT2D eigenvalue weighted by atomic mass is 10.0. The number of para-hydroxylation sites is 1. The molecule has 2 aromatic carbocycles. The fourth-order valence-electron chi connectivity index (χ4n) is 2.49. The SMILES string of the molecule is O=C(Nc1ccccc1C(F)(F)F)[C@H]1CC(c2c(F)cccc2Cl)=NO1. The van der Waals surface area contributed by atoms with Crippen LogP contribution in [-0.4, -0.2) is 17.7 Å². The number of anilines is 1. The summed E-state index contributed by atoms with van der Waals surface area (Å²) in [7, 11) is 0. The van der Waals surface area contributed by atoms with Gasteiger partial charge in [0, 0.05) is 6.42 Å². The fraction of sp³-hybridized carbons (Fsp3) is 0.176. The lowest BCUT2D eigenvalue weighted by Crippen LogP contribution is -2.29. The Labute approximate surface area is 150 Å². The van der Waals surface area contributed by atoms with Crippen molar-refractivity contribution in [3.63, 3.8) is 0 Å². The number of hydrogen-bond acceptors (Lipinski definition) is 3. The minimum atomic E-state index is -4.62. The number of halogens is 5. The number of hydrogen-bond donors (Lipinski definition) is 1. The average Bonchev–Trinajstić information content (AvgIpc) is 3.04. The number of alkyl halides is 3. The minimum absolute atomic E-state index is 0.000147. The van der Waals surface area contributed by atoms with E-state index in [1.54, 1.807) is 0 Å². The summed E-state index contributed by atoms with van der Waals surface area (Å²) in [6.45, 7) is 0. The maximum Gasteiger partial charge on any atom is 0.418 e. The molecule has 0 saturated heterocycles. The smallest absolute Gasteiger partial charge is 0.382 e. The van der Waals surface area contributed by atoms with Gasteiger partial charge in [-0.25, -0.2) is 4.39 Å². The van der Waals surface area contributed by atoms with Crippen LogP contribution in [0.4, 0.5) is 23.2 Å². The molecule has 1 heterocycles. The third kappa shape index (κ3) is 3.65. The predicted octanol–water partition coefficient (Wildman–Crippen LogP) is 4.63. The number of oxime groups is 1. The molecule has 4 nitrogen and oxygen atoms in total. The van der Waals surface area contributed by atoms with Crippen LogP contribution in [0.1, 0.15) is 17.5 Å². The standard InChI is InChI=1S/C17H11ClF4N2O2/c18-10-5-3-6-11(19)15(10)13-8-14(26-24-13)16(25)23-12-7-2-1-4-9(12)17(20,21)22/h1-7,14H,8H2,(H,23,25)/t14-/m1/s1. The van der Waals surface area contributed by atoms with E-state index < -0.39 is 35.3 Å². The maximum atomic E-state index is 13.9. The van der Waals surface area contributed by atoms with Gasteiger partial charge < -0.3 is 10.2 Å². The molecular formula is C17H11ClF4N2O2. The molecular weight excluding hydrogens is 376 g/mol. The van der Waals surface area contributed by atoms with Crippen LogP contribution in [0.3, 0.4) is 0 Å². The van der Waals surface area contributed by atoms with Crippen molar-refractivity contribution in [2.45, 2.75) is 18.7 Å². The van der Waals surface area contributed by atoms with E-state index in [2.05, 4.69) is 10.5 Å². The summed E-state index contributed by atoms with van der Waals surface area (Å²) in [5, 5.41) is 5.92. The van der Waals surface area contributed by atoms with Gasteiger partial charge in [0.2, 0.25) is 6.10 Å². The van der Waals surface area contributed by atoms with E-state index in [-0.39, 0.29) is 22.7 Å². The first-order chi connectivity index (χ1) is 12.3. The zero-order valence-electron chi connectivity index (χ0n) is 13.0. The Morgan fingerprint density at radius 2 is 1.92 bits per heavy atom. The summed E-state index contributed by atoms with van der Waals surface area (Å²) in [6.07, 6.45) is -5.94. The van der Waals surface area contributed by atoms with Crippen LogP contribution >= 0.6 is 11.6 Å². The van der Waals surface area contributed by atoms with Crippen LogP contribution in [0.2, 0.25) is 5.02 Å². The number of benzene rings is 2. The monoisotopic (exact) mass is 386 g/mol. The second-order valence-electron chi connectivity index (χ2n) is 5.47. The molecule has 1 aliphatic rings. The molecule has 0 aromatic heterocycles. The molecule has 0 radical (unpaired) electrons. The largest absolute Gasteiger partial charge is 0.418 e. The molecule has 0 unspecified atom stereocenters. The van der Waals surface area contributed by atoms with Crippen molar-refractivity contribution < 1.29 is 27.2 Å². The Bertz CT molecular complexity index is 863. The highest BCUT2D eigenvalue weighted by molar-refractivity contribution is 6.34. The Hall–Kier alpha value is -2.61. The summed E-state index contributed by atoms with van der Waals surface area (Å²) in [5.74, 6) is -1.46. The molecule has 3 rings (SSSR count). The summed E-state index contributed by atoms with van der Waals surface area (Å²) in [6, 6.07) is 8.60. The first kappa shape index (κ1) is 18.2. The van der Waals surface area contributed by atoms with E-state index >= 15 is 0 Å². The molecule has 1 N–H and O–H groups in total. The van der Waals surface area contributed by atoms with Crippen LogP contribution in [0.15, 0.2) is 47.6 Å². The highest BCUT2D eigenvalue weighted by atomic mass is 35.5.